The highest BCUT2D eigenvalue weighted by molar-refractivity contribution is 9.10. The minimum Gasteiger partial charge on any atom is -0.418 e. The molecule has 1 atom stereocenters. The Labute approximate surface area is 137 Å². The van der Waals surface area contributed by atoms with Gasteiger partial charge in [-0.1, -0.05) is 36.7 Å². The minimum atomic E-state index is -1.41. The van der Waals surface area contributed by atoms with Crippen molar-refractivity contribution in [3.8, 4) is 0 Å². The molecule has 1 aromatic carbocycles. The molecule has 1 aliphatic heterocycles. The van der Waals surface area contributed by atoms with Gasteiger partial charge in [-0.15, -0.1) is 0 Å². The predicted molar refractivity (Wildman–Crippen MR) is 85.9 cm³/mol. The zero-order valence-corrected chi connectivity index (χ0v) is 14.5. The van der Waals surface area contributed by atoms with Crippen molar-refractivity contribution in [2.24, 2.45) is 5.41 Å². The number of ether oxygens (including phenoxy) is 2. The average molecular weight is 368 g/mol. The van der Waals surface area contributed by atoms with E-state index in [1.807, 2.05) is 45.0 Å². The van der Waals surface area contributed by atoms with E-state index >= 15 is 0 Å². The van der Waals surface area contributed by atoms with Crippen LogP contribution < -0.4 is 5.32 Å². The molecule has 118 valence electrons. The van der Waals surface area contributed by atoms with Gasteiger partial charge in [0, 0.05) is 28.6 Å². The van der Waals surface area contributed by atoms with Gasteiger partial charge in [0.15, 0.2) is 0 Å². The fourth-order valence-electron chi connectivity index (χ4n) is 2.03. The summed E-state index contributed by atoms with van der Waals surface area (Å²) in [5, 5.41) is 2.99. The molecule has 1 aliphatic rings. The standard InChI is InChI=1S/C16H18BrNO4/c1-10(19)21-16(15(2,3)4)9-13(14(20)22-16)18-12-7-5-11(17)6-8-12/h5-9,18H,1-4H3. The third kappa shape index (κ3) is 3.32. The van der Waals surface area contributed by atoms with Crippen molar-refractivity contribution < 1.29 is 19.1 Å². The zero-order valence-electron chi connectivity index (χ0n) is 12.9. The lowest BCUT2D eigenvalue weighted by atomic mass is 9.85. The van der Waals surface area contributed by atoms with Crippen molar-refractivity contribution >= 4 is 33.6 Å². The predicted octanol–water partition coefficient (Wildman–Crippen LogP) is 3.61. The molecule has 1 unspecified atom stereocenters. The van der Waals surface area contributed by atoms with E-state index in [0.717, 1.165) is 10.2 Å². The maximum atomic E-state index is 12.1. The number of benzene rings is 1. The molecule has 6 heteroatoms. The van der Waals surface area contributed by atoms with Gasteiger partial charge in [-0.25, -0.2) is 4.79 Å². The quantitative estimate of drug-likeness (QED) is 0.826. The summed E-state index contributed by atoms with van der Waals surface area (Å²) in [6.07, 6.45) is 1.53. The second kappa shape index (κ2) is 5.76. The van der Waals surface area contributed by atoms with Crippen molar-refractivity contribution in [1.82, 2.24) is 0 Å². The first-order valence-electron chi connectivity index (χ1n) is 6.81. The Morgan fingerprint density at radius 1 is 1.27 bits per heavy atom. The van der Waals surface area contributed by atoms with Crippen LogP contribution in [0.5, 0.6) is 0 Å². The highest BCUT2D eigenvalue weighted by atomic mass is 79.9. The summed E-state index contributed by atoms with van der Waals surface area (Å²) in [6, 6.07) is 7.35. The Balaban J connectivity index is 2.32. The molecule has 0 bridgehead atoms. The lowest BCUT2D eigenvalue weighted by molar-refractivity contribution is -0.232. The van der Waals surface area contributed by atoms with Crippen LogP contribution in [0.25, 0.3) is 0 Å². The topological polar surface area (TPSA) is 64.6 Å². The molecule has 1 heterocycles. The molecule has 0 saturated carbocycles. The molecular formula is C16H18BrNO4. The van der Waals surface area contributed by atoms with Gasteiger partial charge in [0.05, 0.1) is 0 Å². The highest BCUT2D eigenvalue weighted by Crippen LogP contribution is 2.41. The number of rotatable bonds is 3. The monoisotopic (exact) mass is 367 g/mol. The van der Waals surface area contributed by atoms with Gasteiger partial charge in [0.2, 0.25) is 0 Å². The van der Waals surface area contributed by atoms with Crippen LogP contribution in [-0.2, 0) is 19.1 Å². The third-order valence-corrected chi connectivity index (χ3v) is 3.79. The number of nitrogens with one attached hydrogen (secondary N) is 1. The first-order valence-corrected chi connectivity index (χ1v) is 7.61. The third-order valence-electron chi connectivity index (χ3n) is 3.26. The van der Waals surface area contributed by atoms with Gasteiger partial charge in [-0.2, -0.15) is 0 Å². The van der Waals surface area contributed by atoms with Crippen LogP contribution in [-0.4, -0.2) is 17.7 Å². The lowest BCUT2D eigenvalue weighted by Crippen LogP contribution is -2.46. The van der Waals surface area contributed by atoms with E-state index in [9.17, 15) is 9.59 Å². The molecular weight excluding hydrogens is 350 g/mol. The second-order valence-electron chi connectivity index (χ2n) is 6.09. The first-order chi connectivity index (χ1) is 10.1. The maximum Gasteiger partial charge on any atom is 0.358 e. The van der Waals surface area contributed by atoms with E-state index < -0.39 is 23.1 Å². The van der Waals surface area contributed by atoms with Gasteiger partial charge in [-0.05, 0) is 24.3 Å². The van der Waals surface area contributed by atoms with Crippen LogP contribution in [0, 0.1) is 5.41 Å². The Hall–Kier alpha value is -1.82. The second-order valence-corrected chi connectivity index (χ2v) is 7.01. The van der Waals surface area contributed by atoms with Gasteiger partial charge in [0.25, 0.3) is 5.79 Å². The van der Waals surface area contributed by atoms with Crippen molar-refractivity contribution in [2.45, 2.75) is 33.5 Å². The molecule has 1 aromatic rings. The van der Waals surface area contributed by atoms with Crippen LogP contribution in [0.15, 0.2) is 40.5 Å². The Morgan fingerprint density at radius 3 is 2.36 bits per heavy atom. The van der Waals surface area contributed by atoms with Gasteiger partial charge in [-0.3, -0.25) is 4.79 Å². The Kier molecular flexibility index (Phi) is 4.33. The maximum absolute atomic E-state index is 12.1. The minimum absolute atomic E-state index is 0.249. The van der Waals surface area contributed by atoms with Gasteiger partial charge < -0.3 is 14.8 Å². The van der Waals surface area contributed by atoms with Crippen molar-refractivity contribution in [3.63, 3.8) is 0 Å². The molecule has 0 fully saturated rings. The van der Waals surface area contributed by atoms with Crippen molar-refractivity contribution in [2.75, 3.05) is 5.32 Å². The number of anilines is 1. The van der Waals surface area contributed by atoms with E-state index in [1.54, 1.807) is 0 Å². The molecule has 22 heavy (non-hydrogen) atoms. The van der Waals surface area contributed by atoms with E-state index in [4.69, 9.17) is 9.47 Å². The van der Waals surface area contributed by atoms with Gasteiger partial charge in [0.1, 0.15) is 5.70 Å². The lowest BCUT2D eigenvalue weighted by Gasteiger charge is -2.36. The number of esters is 2. The van der Waals surface area contributed by atoms with Crippen LogP contribution in [0.3, 0.4) is 0 Å². The molecule has 1 N–H and O–H groups in total. The largest absolute Gasteiger partial charge is 0.418 e. The summed E-state index contributed by atoms with van der Waals surface area (Å²) in [5.74, 6) is -2.48. The van der Waals surface area contributed by atoms with Crippen molar-refractivity contribution in [1.29, 1.82) is 0 Å². The van der Waals surface area contributed by atoms with Crippen LogP contribution in [0.4, 0.5) is 5.69 Å². The summed E-state index contributed by atoms with van der Waals surface area (Å²) in [7, 11) is 0. The number of halogens is 1. The number of carbonyl (C=O) groups excluding carboxylic acids is 2. The summed E-state index contributed by atoms with van der Waals surface area (Å²) in [5.41, 5.74) is 0.384. The van der Waals surface area contributed by atoms with Crippen LogP contribution in [0.1, 0.15) is 27.7 Å². The molecule has 0 spiro atoms. The van der Waals surface area contributed by atoms with E-state index in [2.05, 4.69) is 21.2 Å². The number of carbonyl (C=O) groups is 2. The normalized spacial score (nSPS) is 21.1. The van der Waals surface area contributed by atoms with E-state index in [-0.39, 0.29) is 5.70 Å². The molecule has 0 saturated heterocycles. The summed E-state index contributed by atoms with van der Waals surface area (Å²) in [6.45, 7) is 6.79. The summed E-state index contributed by atoms with van der Waals surface area (Å²) < 4.78 is 11.6. The molecule has 5 nitrogen and oxygen atoms in total. The number of hydrogen-bond donors (Lipinski definition) is 1. The first kappa shape index (κ1) is 16.5. The molecule has 0 amide bonds. The smallest absolute Gasteiger partial charge is 0.358 e. The van der Waals surface area contributed by atoms with Crippen LogP contribution >= 0.6 is 15.9 Å². The van der Waals surface area contributed by atoms with Gasteiger partial charge >= 0.3 is 11.9 Å². The highest BCUT2D eigenvalue weighted by Gasteiger charge is 2.52. The van der Waals surface area contributed by atoms with Crippen LogP contribution in [0.2, 0.25) is 0 Å². The molecule has 0 aliphatic carbocycles. The number of hydrogen-bond acceptors (Lipinski definition) is 5. The number of cyclic esters (lactones) is 1. The molecule has 2 rings (SSSR count). The van der Waals surface area contributed by atoms with E-state index in [0.29, 0.717) is 0 Å². The zero-order chi connectivity index (χ0) is 16.5. The average Bonchev–Trinajstić information content (AvgIpc) is 2.68. The summed E-state index contributed by atoms with van der Waals surface area (Å²) >= 11 is 3.35. The van der Waals surface area contributed by atoms with Crippen molar-refractivity contribution in [3.05, 3.63) is 40.5 Å². The fourth-order valence-corrected chi connectivity index (χ4v) is 2.30. The van der Waals surface area contributed by atoms with E-state index in [1.165, 1.54) is 13.0 Å². The molecule has 0 radical (unpaired) electrons. The Bertz CT molecular complexity index is 631. The summed E-state index contributed by atoms with van der Waals surface area (Å²) in [4.78, 5) is 23.5. The molecule has 0 aromatic heterocycles. The fraction of sp³-hybridized carbons (Fsp3) is 0.375. The SMILES string of the molecule is CC(=O)OC1(C(C)(C)C)C=C(Nc2ccc(Br)cc2)C(=O)O1. The Morgan fingerprint density at radius 2 is 1.86 bits per heavy atom.